The first-order valence-electron chi connectivity index (χ1n) is 8.76. The van der Waals surface area contributed by atoms with Crippen molar-refractivity contribution in [1.29, 1.82) is 0 Å². The second-order valence-corrected chi connectivity index (χ2v) is 7.62. The molecule has 1 saturated heterocycles. The highest BCUT2D eigenvalue weighted by Crippen LogP contribution is 2.41. The maximum Gasteiger partial charge on any atom is 0.356 e. The number of aliphatic hydroxyl groups excluding tert-OH is 1. The summed E-state index contributed by atoms with van der Waals surface area (Å²) in [5.41, 5.74) is 2.43. The van der Waals surface area contributed by atoms with Crippen molar-refractivity contribution in [2.45, 2.75) is 17.9 Å². The molecule has 0 unspecified atom stereocenters. The van der Waals surface area contributed by atoms with Crippen LogP contribution in [0.5, 0.6) is 0 Å². The van der Waals surface area contributed by atoms with E-state index in [0.29, 0.717) is 17.7 Å². The summed E-state index contributed by atoms with van der Waals surface area (Å²) in [6, 6.07) is 19.0. The summed E-state index contributed by atoms with van der Waals surface area (Å²) in [7, 11) is 0. The van der Waals surface area contributed by atoms with Crippen LogP contribution in [0.4, 0.5) is 0 Å². The Morgan fingerprint density at radius 2 is 1.70 bits per heavy atom. The van der Waals surface area contributed by atoms with Crippen LogP contribution in [0.1, 0.15) is 23.7 Å². The van der Waals surface area contributed by atoms with E-state index in [1.54, 1.807) is 11.8 Å². The smallest absolute Gasteiger partial charge is 0.356 e. The van der Waals surface area contributed by atoms with Crippen LogP contribution < -0.4 is 0 Å². The number of aliphatic hydroxyl groups is 1. The molecule has 2 aromatic rings. The number of thioether (sulfide) groups is 1. The number of rotatable bonds is 5. The number of β-lactam (4-membered cyclic amide) rings is 1. The number of amides is 1. The van der Waals surface area contributed by atoms with Gasteiger partial charge >= 0.3 is 5.97 Å². The first-order valence-corrected chi connectivity index (χ1v) is 9.81. The van der Waals surface area contributed by atoms with Crippen molar-refractivity contribution in [3.8, 4) is 0 Å². The summed E-state index contributed by atoms with van der Waals surface area (Å²) in [4.78, 5) is 26.6. The molecule has 5 nitrogen and oxygen atoms in total. The summed E-state index contributed by atoms with van der Waals surface area (Å²) in [6.45, 7) is -0.269. The van der Waals surface area contributed by atoms with Crippen molar-refractivity contribution in [2.75, 3.05) is 12.4 Å². The van der Waals surface area contributed by atoms with Crippen LogP contribution in [0.15, 0.2) is 71.9 Å². The van der Waals surface area contributed by atoms with Crippen molar-refractivity contribution in [3.05, 3.63) is 83.1 Å². The molecule has 0 spiro atoms. The normalized spacial score (nSPS) is 19.0. The predicted molar refractivity (Wildman–Crippen MR) is 103 cm³/mol. The Bertz CT molecular complexity index is 842. The van der Waals surface area contributed by atoms with Crippen LogP contribution in [0, 0.1) is 0 Å². The molecular formula is C21H19NO4S. The number of nitrogens with zero attached hydrogens (tertiary/aromatic N) is 1. The molecule has 4 rings (SSSR count). The molecule has 0 bridgehead atoms. The number of hydrogen-bond acceptors (Lipinski definition) is 5. The number of hydrogen-bond donors (Lipinski definition) is 1. The highest BCUT2D eigenvalue weighted by molar-refractivity contribution is 8.00. The van der Waals surface area contributed by atoms with Gasteiger partial charge in [-0.1, -0.05) is 60.7 Å². The van der Waals surface area contributed by atoms with E-state index in [9.17, 15) is 14.7 Å². The van der Waals surface area contributed by atoms with Gasteiger partial charge in [0, 0.05) is 5.75 Å². The molecule has 2 aromatic carbocycles. The fourth-order valence-corrected chi connectivity index (χ4v) is 4.59. The number of benzene rings is 2. The average molecular weight is 381 g/mol. The molecule has 1 amide bonds. The second kappa shape index (κ2) is 7.58. The average Bonchev–Trinajstić information content (AvgIpc) is 2.71. The van der Waals surface area contributed by atoms with E-state index in [2.05, 4.69) is 0 Å². The van der Waals surface area contributed by atoms with Gasteiger partial charge in [0.2, 0.25) is 5.91 Å². The third-order valence-electron chi connectivity index (χ3n) is 4.75. The maximum atomic E-state index is 13.1. The number of carbonyl (C=O) groups is 2. The third-order valence-corrected chi connectivity index (χ3v) is 6.02. The fraction of sp³-hybridized carbons (Fsp3) is 0.238. The molecule has 0 aliphatic carbocycles. The second-order valence-electron chi connectivity index (χ2n) is 6.45. The van der Waals surface area contributed by atoms with E-state index in [0.717, 1.165) is 11.1 Å². The number of ether oxygens (including phenoxy) is 1. The zero-order chi connectivity index (χ0) is 18.8. The van der Waals surface area contributed by atoms with Crippen LogP contribution in [-0.4, -0.2) is 39.6 Å². The topological polar surface area (TPSA) is 66.8 Å². The fourth-order valence-electron chi connectivity index (χ4n) is 3.34. The van der Waals surface area contributed by atoms with Crippen LogP contribution in [-0.2, 0) is 14.3 Å². The molecule has 0 saturated carbocycles. The monoisotopic (exact) mass is 381 g/mol. The molecule has 2 aliphatic heterocycles. The SMILES string of the molecule is O=C(OC(c1ccccc1)c1ccccc1)C1=C(CO)CS[C@@H]2CC(=O)N12. The summed E-state index contributed by atoms with van der Waals surface area (Å²) >= 11 is 1.56. The van der Waals surface area contributed by atoms with Gasteiger partial charge in [-0.2, -0.15) is 0 Å². The maximum absolute atomic E-state index is 13.1. The Balaban J connectivity index is 1.67. The predicted octanol–water partition coefficient (Wildman–Crippen LogP) is 2.87. The Labute approximate surface area is 161 Å². The van der Waals surface area contributed by atoms with Gasteiger partial charge in [0.15, 0.2) is 6.10 Å². The van der Waals surface area contributed by atoms with Crippen LogP contribution in [0.25, 0.3) is 0 Å². The Morgan fingerprint density at radius 3 is 2.22 bits per heavy atom. The van der Waals surface area contributed by atoms with Gasteiger partial charge in [-0.3, -0.25) is 9.69 Å². The lowest BCUT2D eigenvalue weighted by Crippen LogP contribution is -2.54. The van der Waals surface area contributed by atoms with E-state index < -0.39 is 12.1 Å². The van der Waals surface area contributed by atoms with E-state index in [-0.39, 0.29) is 23.6 Å². The van der Waals surface area contributed by atoms with Crippen molar-refractivity contribution < 1.29 is 19.4 Å². The molecule has 6 heteroatoms. The Hall–Kier alpha value is -2.57. The zero-order valence-electron chi connectivity index (χ0n) is 14.6. The minimum Gasteiger partial charge on any atom is -0.448 e. The molecule has 1 atom stereocenters. The van der Waals surface area contributed by atoms with E-state index >= 15 is 0 Å². The van der Waals surface area contributed by atoms with Crippen molar-refractivity contribution in [2.24, 2.45) is 0 Å². The Morgan fingerprint density at radius 1 is 1.11 bits per heavy atom. The highest BCUT2D eigenvalue weighted by Gasteiger charge is 2.46. The molecule has 2 aliphatic rings. The number of esters is 1. The van der Waals surface area contributed by atoms with E-state index in [1.165, 1.54) is 4.90 Å². The van der Waals surface area contributed by atoms with Crippen LogP contribution in [0.2, 0.25) is 0 Å². The van der Waals surface area contributed by atoms with Gasteiger partial charge in [-0.15, -0.1) is 11.8 Å². The molecule has 0 aromatic heterocycles. The van der Waals surface area contributed by atoms with Gasteiger partial charge in [0.1, 0.15) is 5.70 Å². The van der Waals surface area contributed by atoms with Gasteiger partial charge in [-0.25, -0.2) is 4.79 Å². The van der Waals surface area contributed by atoms with Gasteiger partial charge in [0.05, 0.1) is 18.4 Å². The summed E-state index contributed by atoms with van der Waals surface area (Å²) in [5, 5.41) is 9.64. The van der Waals surface area contributed by atoms with Crippen molar-refractivity contribution >= 4 is 23.6 Å². The highest BCUT2D eigenvalue weighted by atomic mass is 32.2. The molecule has 2 heterocycles. The molecule has 138 valence electrons. The number of carbonyl (C=O) groups excluding carboxylic acids is 2. The molecule has 27 heavy (non-hydrogen) atoms. The Kier molecular flexibility index (Phi) is 5.01. The largest absolute Gasteiger partial charge is 0.448 e. The molecule has 0 radical (unpaired) electrons. The first-order chi connectivity index (χ1) is 13.2. The van der Waals surface area contributed by atoms with Gasteiger partial charge in [0.25, 0.3) is 0 Å². The molecule has 1 fully saturated rings. The lowest BCUT2D eigenvalue weighted by atomic mass is 10.0. The van der Waals surface area contributed by atoms with Crippen LogP contribution in [0.3, 0.4) is 0 Å². The lowest BCUT2D eigenvalue weighted by molar-refractivity contribution is -0.151. The standard InChI is InChI=1S/C21H19NO4S/c23-12-16-13-27-18-11-17(24)22(18)19(16)21(25)26-20(14-7-3-1-4-8-14)15-9-5-2-6-10-15/h1-10,18,20,23H,11-13H2/t18-/m1/s1. The minimum atomic E-state index is -0.586. The molecular weight excluding hydrogens is 362 g/mol. The van der Waals surface area contributed by atoms with Crippen molar-refractivity contribution in [1.82, 2.24) is 4.90 Å². The van der Waals surface area contributed by atoms with Crippen molar-refractivity contribution in [3.63, 3.8) is 0 Å². The van der Waals surface area contributed by atoms with E-state index in [4.69, 9.17) is 4.74 Å². The summed E-state index contributed by atoms with van der Waals surface area (Å²) in [5.74, 6) is -0.160. The third kappa shape index (κ3) is 3.38. The summed E-state index contributed by atoms with van der Waals surface area (Å²) < 4.78 is 5.88. The van der Waals surface area contributed by atoms with Gasteiger partial charge in [-0.05, 0) is 16.7 Å². The lowest BCUT2D eigenvalue weighted by Gasteiger charge is -2.44. The minimum absolute atomic E-state index is 0.0396. The quantitative estimate of drug-likeness (QED) is 0.637. The molecule has 1 N–H and O–H groups in total. The van der Waals surface area contributed by atoms with Gasteiger partial charge < -0.3 is 9.84 Å². The number of fused-ring (bicyclic) bond motifs is 1. The summed E-state index contributed by atoms with van der Waals surface area (Å²) in [6.07, 6.45) is -0.169. The van der Waals surface area contributed by atoms with E-state index in [1.807, 2.05) is 60.7 Å². The zero-order valence-corrected chi connectivity index (χ0v) is 15.4. The first kappa shape index (κ1) is 17.8. The van der Waals surface area contributed by atoms with Crippen LogP contribution >= 0.6 is 11.8 Å².